The number of nitrogen functional groups attached to an aromatic ring is 2. The average molecular weight is 175 g/mol. The van der Waals surface area contributed by atoms with Gasteiger partial charge in [0, 0.05) is 0 Å². The van der Waals surface area contributed by atoms with Gasteiger partial charge in [-0.2, -0.15) is 0 Å². The fraction of sp³-hybridized carbons (Fsp3) is 0. The lowest BCUT2D eigenvalue weighted by atomic mass is 10.2. The third-order valence-corrected chi connectivity index (χ3v) is 1.63. The van der Waals surface area contributed by atoms with Crippen LogP contribution in [0.15, 0.2) is 6.07 Å². The minimum Gasteiger partial charge on any atom is -0.504 e. The number of hydrogen-bond donors (Lipinski definition) is 4. The Labute approximate surface area is 68.0 Å². The lowest BCUT2D eigenvalue weighted by Crippen LogP contribution is -1.91. The zero-order chi connectivity index (χ0) is 8.59. The fourth-order valence-electron chi connectivity index (χ4n) is 0.670. The van der Waals surface area contributed by atoms with Crippen molar-refractivity contribution >= 4 is 23.0 Å². The molecule has 4 nitrogen and oxygen atoms in total. The van der Waals surface area contributed by atoms with Gasteiger partial charge in [0.25, 0.3) is 0 Å². The van der Waals surface area contributed by atoms with Gasteiger partial charge in [-0.15, -0.1) is 0 Å². The third kappa shape index (κ3) is 1.12. The van der Waals surface area contributed by atoms with Crippen molar-refractivity contribution in [1.29, 1.82) is 0 Å². The highest BCUT2D eigenvalue weighted by Gasteiger charge is 2.11. The molecule has 0 heterocycles. The molecule has 60 valence electrons. The maximum atomic E-state index is 9.04. The molecular weight excluding hydrogens is 168 g/mol. The second kappa shape index (κ2) is 2.39. The van der Waals surface area contributed by atoms with Gasteiger partial charge in [0.2, 0.25) is 0 Å². The summed E-state index contributed by atoms with van der Waals surface area (Å²) in [6.45, 7) is 0. The zero-order valence-electron chi connectivity index (χ0n) is 5.50. The van der Waals surface area contributed by atoms with E-state index in [1.54, 1.807) is 0 Å². The summed E-state index contributed by atoms with van der Waals surface area (Å²) >= 11 is 5.43. The van der Waals surface area contributed by atoms with Crippen LogP contribution in [0.1, 0.15) is 0 Å². The molecular formula is C6H7ClN2O2. The van der Waals surface area contributed by atoms with Crippen LogP contribution in [-0.2, 0) is 0 Å². The van der Waals surface area contributed by atoms with Crippen molar-refractivity contribution < 1.29 is 10.2 Å². The molecule has 11 heavy (non-hydrogen) atoms. The van der Waals surface area contributed by atoms with Crippen LogP contribution in [0.5, 0.6) is 11.5 Å². The molecule has 0 bridgehead atoms. The molecule has 0 saturated carbocycles. The van der Waals surface area contributed by atoms with E-state index < -0.39 is 0 Å². The number of aromatic hydroxyl groups is 2. The number of phenols is 2. The summed E-state index contributed by atoms with van der Waals surface area (Å²) in [6.07, 6.45) is 0. The Morgan fingerprint density at radius 3 is 1.82 bits per heavy atom. The van der Waals surface area contributed by atoms with Gasteiger partial charge in [-0.05, 0) is 6.07 Å². The molecule has 0 atom stereocenters. The molecule has 0 aliphatic rings. The first kappa shape index (κ1) is 7.81. The minimum atomic E-state index is -0.349. The molecule has 0 spiro atoms. The molecule has 0 fully saturated rings. The van der Waals surface area contributed by atoms with Gasteiger partial charge in [0.15, 0.2) is 11.5 Å². The summed E-state index contributed by atoms with van der Waals surface area (Å²) in [5, 5.41) is 17.9. The molecule has 1 rings (SSSR count). The maximum absolute atomic E-state index is 9.04. The van der Waals surface area contributed by atoms with E-state index in [4.69, 9.17) is 33.3 Å². The summed E-state index contributed by atoms with van der Waals surface area (Å²) in [5.41, 5.74) is 10.6. The van der Waals surface area contributed by atoms with Gasteiger partial charge in [0.05, 0.1) is 11.4 Å². The van der Waals surface area contributed by atoms with Crippen molar-refractivity contribution in [3.8, 4) is 11.5 Å². The largest absolute Gasteiger partial charge is 0.504 e. The summed E-state index contributed by atoms with van der Waals surface area (Å²) in [6, 6.07) is 1.23. The number of anilines is 2. The van der Waals surface area contributed by atoms with E-state index in [1.807, 2.05) is 0 Å². The van der Waals surface area contributed by atoms with Crippen LogP contribution in [-0.4, -0.2) is 10.2 Å². The molecule has 0 aromatic heterocycles. The second-order valence-electron chi connectivity index (χ2n) is 2.07. The van der Waals surface area contributed by atoms with E-state index in [0.717, 1.165) is 0 Å². The van der Waals surface area contributed by atoms with Crippen LogP contribution < -0.4 is 11.5 Å². The third-order valence-electron chi connectivity index (χ3n) is 1.27. The lowest BCUT2D eigenvalue weighted by molar-refractivity contribution is 0.454. The first-order valence-corrected chi connectivity index (χ1v) is 3.17. The van der Waals surface area contributed by atoms with Crippen LogP contribution >= 0.6 is 11.6 Å². The van der Waals surface area contributed by atoms with E-state index in [0.29, 0.717) is 0 Å². The zero-order valence-corrected chi connectivity index (χ0v) is 6.26. The predicted octanol–water partition coefficient (Wildman–Crippen LogP) is 0.916. The Morgan fingerprint density at radius 2 is 1.45 bits per heavy atom. The average Bonchev–Trinajstić information content (AvgIpc) is 1.97. The molecule has 0 amide bonds. The van der Waals surface area contributed by atoms with Crippen molar-refractivity contribution in [1.82, 2.24) is 0 Å². The Morgan fingerprint density at radius 1 is 1.09 bits per heavy atom. The standard InChI is InChI=1S/C6H7ClN2O2/c7-4-5(10)2(8)1-3(9)6(4)11/h1,10-11H,8-9H2. The molecule has 0 saturated heterocycles. The molecule has 0 aliphatic carbocycles. The number of hydrogen-bond acceptors (Lipinski definition) is 4. The van der Waals surface area contributed by atoms with Crippen molar-refractivity contribution in [2.24, 2.45) is 0 Å². The summed E-state index contributed by atoms with van der Waals surface area (Å²) < 4.78 is 0. The number of benzene rings is 1. The van der Waals surface area contributed by atoms with Gasteiger partial charge in [-0.25, -0.2) is 0 Å². The van der Waals surface area contributed by atoms with Crippen molar-refractivity contribution in [3.63, 3.8) is 0 Å². The minimum absolute atomic E-state index is 0.0466. The first-order valence-electron chi connectivity index (χ1n) is 2.79. The van der Waals surface area contributed by atoms with Crippen LogP contribution in [0.3, 0.4) is 0 Å². The molecule has 1 aromatic rings. The summed E-state index contributed by atoms with van der Waals surface area (Å²) in [4.78, 5) is 0. The Balaban J connectivity index is 3.46. The first-order chi connectivity index (χ1) is 5.04. The van der Waals surface area contributed by atoms with E-state index in [1.165, 1.54) is 6.07 Å². The fourth-order valence-corrected chi connectivity index (χ4v) is 0.888. The highest BCUT2D eigenvalue weighted by molar-refractivity contribution is 6.34. The van der Waals surface area contributed by atoms with Gasteiger partial charge >= 0.3 is 0 Å². The second-order valence-corrected chi connectivity index (χ2v) is 2.44. The number of halogens is 1. The van der Waals surface area contributed by atoms with Gasteiger partial charge in [-0.3, -0.25) is 0 Å². The topological polar surface area (TPSA) is 92.5 Å². The number of nitrogens with two attached hydrogens (primary N) is 2. The van der Waals surface area contributed by atoms with Crippen LogP contribution in [0.4, 0.5) is 11.4 Å². The Hall–Kier alpha value is -1.29. The van der Waals surface area contributed by atoms with Gasteiger partial charge in [0.1, 0.15) is 5.02 Å². The lowest BCUT2D eigenvalue weighted by Gasteiger charge is -2.05. The van der Waals surface area contributed by atoms with Crippen LogP contribution in [0.2, 0.25) is 5.02 Å². The number of rotatable bonds is 0. The molecule has 1 aromatic carbocycles. The quantitative estimate of drug-likeness (QED) is 0.267. The highest BCUT2D eigenvalue weighted by atomic mass is 35.5. The van der Waals surface area contributed by atoms with Crippen molar-refractivity contribution in [2.75, 3.05) is 11.5 Å². The smallest absolute Gasteiger partial charge is 0.161 e. The Bertz CT molecular complexity index is 275. The predicted molar refractivity (Wildman–Crippen MR) is 43.6 cm³/mol. The maximum Gasteiger partial charge on any atom is 0.161 e. The summed E-state index contributed by atoms with van der Waals surface area (Å²) in [5.74, 6) is -0.697. The highest BCUT2D eigenvalue weighted by Crippen LogP contribution is 2.41. The van der Waals surface area contributed by atoms with Gasteiger partial charge < -0.3 is 21.7 Å². The Kier molecular flexibility index (Phi) is 1.70. The van der Waals surface area contributed by atoms with E-state index in [9.17, 15) is 0 Å². The van der Waals surface area contributed by atoms with E-state index >= 15 is 0 Å². The van der Waals surface area contributed by atoms with E-state index in [-0.39, 0.29) is 27.9 Å². The molecule has 5 heteroatoms. The SMILES string of the molecule is Nc1cc(N)c(O)c(Cl)c1O. The van der Waals surface area contributed by atoms with Crippen LogP contribution in [0.25, 0.3) is 0 Å². The molecule has 0 aliphatic heterocycles. The molecule has 6 N–H and O–H groups in total. The van der Waals surface area contributed by atoms with Crippen LogP contribution in [0, 0.1) is 0 Å². The van der Waals surface area contributed by atoms with Gasteiger partial charge in [-0.1, -0.05) is 11.6 Å². The number of phenolic OH excluding ortho intramolecular Hbond substituents is 2. The summed E-state index contributed by atoms with van der Waals surface area (Å²) in [7, 11) is 0. The molecule has 0 unspecified atom stereocenters. The molecule has 0 radical (unpaired) electrons. The van der Waals surface area contributed by atoms with Crippen molar-refractivity contribution in [3.05, 3.63) is 11.1 Å². The van der Waals surface area contributed by atoms with E-state index in [2.05, 4.69) is 0 Å². The normalized spacial score (nSPS) is 9.91. The van der Waals surface area contributed by atoms with Crippen molar-refractivity contribution in [2.45, 2.75) is 0 Å². The monoisotopic (exact) mass is 174 g/mol.